The molecule has 1 atom stereocenters. The van der Waals surface area contributed by atoms with Gasteiger partial charge in [0.15, 0.2) is 0 Å². The lowest BCUT2D eigenvalue weighted by molar-refractivity contribution is 0.211. The Balaban J connectivity index is 1.22. The first kappa shape index (κ1) is 39.7. The van der Waals surface area contributed by atoms with E-state index in [2.05, 4.69) is 122 Å². The normalized spacial score (nSPS) is 16.7. The van der Waals surface area contributed by atoms with E-state index in [1.165, 1.54) is 16.8 Å². The third-order valence-electron chi connectivity index (χ3n) is 12.1. The van der Waals surface area contributed by atoms with Gasteiger partial charge in [0.05, 0.1) is 44.8 Å². The van der Waals surface area contributed by atoms with Gasteiger partial charge in [-0.25, -0.2) is 9.97 Å². The number of rotatable bonds is 12. The van der Waals surface area contributed by atoms with E-state index >= 15 is 0 Å². The van der Waals surface area contributed by atoms with Gasteiger partial charge in [0.1, 0.15) is 0 Å². The fourth-order valence-corrected chi connectivity index (χ4v) is 8.95. The van der Waals surface area contributed by atoms with Gasteiger partial charge in [-0.2, -0.15) is 10.2 Å². The van der Waals surface area contributed by atoms with Crippen LogP contribution in [-0.2, 0) is 45.4 Å². The molecule has 308 valence electrons. The van der Waals surface area contributed by atoms with Crippen molar-refractivity contribution >= 4 is 51.1 Å². The Bertz CT molecular complexity index is 2590. The third-order valence-corrected chi connectivity index (χ3v) is 12.1. The van der Waals surface area contributed by atoms with Gasteiger partial charge in [-0.15, -0.1) is 0 Å². The van der Waals surface area contributed by atoms with Gasteiger partial charge in [-0.3, -0.25) is 9.36 Å². The number of nitrogens with zero attached hydrogens (tertiary/aromatic N) is 8. The number of allylic oxidation sites excluding steroid dienone is 2. The second-order valence-corrected chi connectivity index (χ2v) is 16.2. The summed E-state index contributed by atoms with van der Waals surface area (Å²) in [6, 6.07) is 12.8. The highest BCUT2D eigenvalue weighted by Gasteiger charge is 2.28. The zero-order valence-corrected chi connectivity index (χ0v) is 35.1. The van der Waals surface area contributed by atoms with Crippen molar-refractivity contribution in [1.29, 1.82) is 0 Å². The SMILES string of the molecule is C=C(N)c1cc2c3c(c1)nc(NCCc1cc(C)nn1CC)n3C/C=C/Cn1c(NC(=C)c3cc(C)nn3CC)nc3cc(C(=C)N)cc(c31)CCC(C1CNC1)CC2. The minimum atomic E-state index is 0.492. The molecule has 2 aliphatic heterocycles. The number of imidazole rings is 2. The summed E-state index contributed by atoms with van der Waals surface area (Å²) in [5, 5.41) is 20.2. The Morgan fingerprint density at radius 3 is 1.86 bits per heavy atom. The van der Waals surface area contributed by atoms with Crippen molar-refractivity contribution in [3.8, 4) is 0 Å². The van der Waals surface area contributed by atoms with Crippen molar-refractivity contribution in [1.82, 2.24) is 44.0 Å². The maximum atomic E-state index is 6.38. The average Bonchev–Trinajstić information content (AvgIpc) is 3.95. The average molecular weight is 794 g/mol. The number of aromatic nitrogens is 8. The van der Waals surface area contributed by atoms with Crippen LogP contribution in [0, 0.1) is 25.7 Å². The number of benzene rings is 2. The fraction of sp³-hybridized carbons (Fsp3) is 0.391. The molecule has 13 heteroatoms. The fourth-order valence-electron chi connectivity index (χ4n) is 8.95. The van der Waals surface area contributed by atoms with Crippen LogP contribution in [0.2, 0.25) is 0 Å². The van der Waals surface area contributed by atoms with Crippen molar-refractivity contribution in [2.45, 2.75) is 86.0 Å². The van der Waals surface area contributed by atoms with Gasteiger partial charge >= 0.3 is 0 Å². The molecule has 0 spiro atoms. The topological polar surface area (TPSA) is 159 Å². The van der Waals surface area contributed by atoms with Gasteiger partial charge in [-0.1, -0.05) is 31.9 Å². The third kappa shape index (κ3) is 8.03. The van der Waals surface area contributed by atoms with Crippen molar-refractivity contribution in [3.05, 3.63) is 113 Å². The van der Waals surface area contributed by atoms with Crippen LogP contribution in [0.1, 0.15) is 71.7 Å². The molecule has 59 heavy (non-hydrogen) atoms. The molecular weight excluding hydrogens is 735 g/mol. The zero-order chi connectivity index (χ0) is 41.4. The first-order valence-electron chi connectivity index (χ1n) is 21.1. The van der Waals surface area contributed by atoms with Crippen LogP contribution in [0.3, 0.4) is 0 Å². The second-order valence-electron chi connectivity index (χ2n) is 16.2. The molecule has 0 amide bonds. The summed E-state index contributed by atoms with van der Waals surface area (Å²) in [5.41, 5.74) is 27.0. The van der Waals surface area contributed by atoms with E-state index in [9.17, 15) is 0 Å². The van der Waals surface area contributed by atoms with E-state index in [4.69, 9.17) is 21.4 Å². The minimum Gasteiger partial charge on any atom is -0.399 e. The van der Waals surface area contributed by atoms with E-state index in [0.29, 0.717) is 36.3 Å². The summed E-state index contributed by atoms with van der Waals surface area (Å²) in [5.74, 6) is 2.64. The lowest BCUT2D eigenvalue weighted by Gasteiger charge is -2.35. The summed E-state index contributed by atoms with van der Waals surface area (Å²) >= 11 is 0. The lowest BCUT2D eigenvalue weighted by atomic mass is 9.79. The molecule has 2 aromatic carbocycles. The van der Waals surface area contributed by atoms with Crippen molar-refractivity contribution in [2.75, 3.05) is 30.3 Å². The number of aryl methyl sites for hydroxylation is 6. The van der Waals surface area contributed by atoms with Crippen LogP contribution in [0.4, 0.5) is 11.9 Å². The summed E-state index contributed by atoms with van der Waals surface area (Å²) in [6.45, 7) is 26.5. The number of nitrogens with one attached hydrogen (secondary N) is 3. The van der Waals surface area contributed by atoms with Gasteiger partial charge < -0.3 is 36.6 Å². The maximum Gasteiger partial charge on any atom is 0.208 e. The van der Waals surface area contributed by atoms with Crippen molar-refractivity contribution < 1.29 is 0 Å². The van der Waals surface area contributed by atoms with Gasteiger partial charge in [0.2, 0.25) is 11.9 Å². The smallest absolute Gasteiger partial charge is 0.208 e. The Labute approximate surface area is 347 Å². The zero-order valence-electron chi connectivity index (χ0n) is 35.1. The van der Waals surface area contributed by atoms with E-state index in [1.54, 1.807) is 0 Å². The van der Waals surface area contributed by atoms with Crippen LogP contribution in [0.15, 0.2) is 68.3 Å². The molecule has 4 aromatic heterocycles. The van der Waals surface area contributed by atoms with Crippen LogP contribution in [0.25, 0.3) is 39.2 Å². The quantitative estimate of drug-likeness (QED) is 0.0823. The molecule has 7 N–H and O–H groups in total. The van der Waals surface area contributed by atoms with Crippen LogP contribution >= 0.6 is 0 Å². The number of nitrogens with two attached hydrogens (primary N) is 2. The highest BCUT2D eigenvalue weighted by molar-refractivity contribution is 5.88. The molecule has 0 radical (unpaired) electrons. The predicted molar refractivity (Wildman–Crippen MR) is 242 cm³/mol. The molecule has 1 saturated heterocycles. The number of anilines is 2. The maximum absolute atomic E-state index is 6.38. The molecule has 1 unspecified atom stereocenters. The Morgan fingerprint density at radius 1 is 0.746 bits per heavy atom. The first-order valence-corrected chi connectivity index (χ1v) is 21.1. The highest BCUT2D eigenvalue weighted by atomic mass is 15.3. The van der Waals surface area contributed by atoms with Crippen LogP contribution < -0.4 is 27.4 Å². The molecule has 0 aliphatic carbocycles. The molecule has 0 bridgehead atoms. The predicted octanol–water partition coefficient (Wildman–Crippen LogP) is 7.00. The summed E-state index contributed by atoms with van der Waals surface area (Å²) < 4.78 is 8.66. The van der Waals surface area contributed by atoms with Gasteiger partial charge in [0.25, 0.3) is 0 Å². The molecule has 8 rings (SSSR count). The Morgan fingerprint density at radius 2 is 1.31 bits per heavy atom. The minimum absolute atomic E-state index is 0.492. The van der Waals surface area contributed by atoms with E-state index < -0.39 is 0 Å². The van der Waals surface area contributed by atoms with Crippen molar-refractivity contribution in [2.24, 2.45) is 23.3 Å². The largest absolute Gasteiger partial charge is 0.399 e. The first-order chi connectivity index (χ1) is 28.5. The highest BCUT2D eigenvalue weighted by Crippen LogP contribution is 2.35. The number of hydrogen-bond acceptors (Lipinski definition) is 9. The molecule has 2 aliphatic rings. The van der Waals surface area contributed by atoms with Crippen LogP contribution in [0.5, 0.6) is 0 Å². The van der Waals surface area contributed by atoms with Gasteiger partial charge in [-0.05, 0) is 137 Å². The second kappa shape index (κ2) is 16.6. The lowest BCUT2D eigenvalue weighted by Crippen LogP contribution is -2.46. The Kier molecular flexibility index (Phi) is 11.2. The molecule has 6 heterocycles. The van der Waals surface area contributed by atoms with E-state index in [-0.39, 0.29) is 0 Å². The summed E-state index contributed by atoms with van der Waals surface area (Å²) in [4.78, 5) is 10.4. The standard InChI is InChI=1S/C46H59N13/c1-8-58-39(20-28(3)54-58)16-17-50-45-52-40-24-36(30(5)47)22-34-14-12-33(38-26-49-27-38)13-15-35-23-37(31(6)48)25-41-44(35)57(19-11-10-18-56(45)43(34)40)46(53-41)51-32(7)42-21-29(4)55-59(42)9-2/h10-11,20-25,33,38,49H,5-9,12-19,26-27,47-48H2,1-4H3,(H,50,52)(H,51,53)/b11-10+. The molecule has 1 fully saturated rings. The summed E-state index contributed by atoms with van der Waals surface area (Å²) in [7, 11) is 0. The Hall–Kier alpha value is -6.08. The molecule has 6 aromatic rings. The van der Waals surface area contributed by atoms with E-state index in [1.807, 2.05) is 18.5 Å². The van der Waals surface area contributed by atoms with E-state index in [0.717, 1.165) is 133 Å². The molecule has 13 nitrogen and oxygen atoms in total. The molecule has 0 saturated carbocycles. The summed E-state index contributed by atoms with van der Waals surface area (Å²) in [6.07, 6.45) is 9.14. The monoisotopic (exact) mass is 794 g/mol. The van der Waals surface area contributed by atoms with Crippen molar-refractivity contribution in [3.63, 3.8) is 0 Å². The van der Waals surface area contributed by atoms with Gasteiger partial charge in [0, 0.05) is 56.2 Å². The number of hydrogen-bond donors (Lipinski definition) is 5. The molecular formula is C46H59N13. The van der Waals surface area contributed by atoms with Crippen LogP contribution in [-0.4, -0.2) is 58.3 Å².